The number of nitrogens with zero attached hydrogens (tertiary/aromatic N) is 1. The second-order valence-corrected chi connectivity index (χ2v) is 5.39. The first-order valence-electron chi connectivity index (χ1n) is 6.28. The highest BCUT2D eigenvalue weighted by atomic mass is 16.5. The van der Waals surface area contributed by atoms with E-state index < -0.39 is 7.12 Å². The summed E-state index contributed by atoms with van der Waals surface area (Å²) < 4.78 is 5.67. The standard InChI is InChI=1S/C13H20BNO3/c1-13(2)10-15(7-8-18-13)9-11-5-3-4-6-12(11)14(16)17/h3-6,16-17H,7-10H2,1-2H3. The molecule has 0 radical (unpaired) electrons. The molecular formula is C13H20BNO3. The van der Waals surface area contributed by atoms with E-state index in [1.807, 2.05) is 18.2 Å². The van der Waals surface area contributed by atoms with E-state index in [1.54, 1.807) is 6.07 Å². The van der Waals surface area contributed by atoms with Crippen LogP contribution >= 0.6 is 0 Å². The zero-order valence-corrected chi connectivity index (χ0v) is 11.0. The number of hydrogen-bond donors (Lipinski definition) is 2. The summed E-state index contributed by atoms with van der Waals surface area (Å²) in [6, 6.07) is 7.44. The Morgan fingerprint density at radius 1 is 1.33 bits per heavy atom. The quantitative estimate of drug-likeness (QED) is 0.739. The summed E-state index contributed by atoms with van der Waals surface area (Å²) in [5.74, 6) is 0. The van der Waals surface area contributed by atoms with Crippen molar-refractivity contribution in [2.24, 2.45) is 0 Å². The summed E-state index contributed by atoms with van der Waals surface area (Å²) in [4.78, 5) is 2.28. The van der Waals surface area contributed by atoms with Crippen LogP contribution < -0.4 is 5.46 Å². The highest BCUT2D eigenvalue weighted by molar-refractivity contribution is 6.59. The van der Waals surface area contributed by atoms with Gasteiger partial charge in [0, 0.05) is 19.6 Å². The third-order valence-electron chi connectivity index (χ3n) is 3.23. The zero-order valence-electron chi connectivity index (χ0n) is 11.0. The average Bonchev–Trinajstić information content (AvgIpc) is 2.28. The van der Waals surface area contributed by atoms with Crippen LogP contribution in [0, 0.1) is 0 Å². The largest absolute Gasteiger partial charge is 0.488 e. The molecule has 1 aromatic rings. The van der Waals surface area contributed by atoms with Crippen LogP contribution in [0.1, 0.15) is 19.4 Å². The minimum atomic E-state index is -1.41. The fourth-order valence-corrected chi connectivity index (χ4v) is 2.42. The Hall–Kier alpha value is -0.875. The summed E-state index contributed by atoms with van der Waals surface area (Å²) in [6.07, 6.45) is 0. The third-order valence-corrected chi connectivity index (χ3v) is 3.23. The molecule has 1 aliphatic heterocycles. The molecule has 1 saturated heterocycles. The summed E-state index contributed by atoms with van der Waals surface area (Å²) in [7, 11) is -1.41. The van der Waals surface area contributed by atoms with Gasteiger partial charge in [0.25, 0.3) is 0 Å². The molecule has 2 N–H and O–H groups in total. The monoisotopic (exact) mass is 249 g/mol. The predicted octanol–water partition coefficient (Wildman–Crippen LogP) is -0.0228. The summed E-state index contributed by atoms with van der Waals surface area (Å²) in [5, 5.41) is 18.7. The smallest absolute Gasteiger partial charge is 0.423 e. The molecule has 1 aliphatic rings. The average molecular weight is 249 g/mol. The molecule has 4 nitrogen and oxygen atoms in total. The van der Waals surface area contributed by atoms with Crippen molar-refractivity contribution in [1.29, 1.82) is 0 Å². The molecule has 2 rings (SSSR count). The van der Waals surface area contributed by atoms with Gasteiger partial charge in [0.2, 0.25) is 0 Å². The molecule has 1 aromatic carbocycles. The van der Waals surface area contributed by atoms with Gasteiger partial charge < -0.3 is 14.8 Å². The van der Waals surface area contributed by atoms with E-state index >= 15 is 0 Å². The van der Waals surface area contributed by atoms with Crippen LogP contribution in [0.2, 0.25) is 0 Å². The highest BCUT2D eigenvalue weighted by Crippen LogP contribution is 2.18. The fourth-order valence-electron chi connectivity index (χ4n) is 2.42. The second kappa shape index (κ2) is 5.40. The van der Waals surface area contributed by atoms with Crippen molar-refractivity contribution in [3.8, 4) is 0 Å². The number of morpholine rings is 1. The Kier molecular flexibility index (Phi) is 4.07. The number of hydrogen-bond acceptors (Lipinski definition) is 4. The second-order valence-electron chi connectivity index (χ2n) is 5.39. The molecule has 0 unspecified atom stereocenters. The molecule has 0 aromatic heterocycles. The van der Waals surface area contributed by atoms with Crippen LogP contribution in [-0.2, 0) is 11.3 Å². The van der Waals surface area contributed by atoms with Crippen LogP contribution in [0.5, 0.6) is 0 Å². The molecule has 18 heavy (non-hydrogen) atoms. The normalized spacial score (nSPS) is 19.8. The maximum absolute atomic E-state index is 9.35. The third kappa shape index (κ3) is 3.33. The first-order valence-corrected chi connectivity index (χ1v) is 6.28. The van der Waals surface area contributed by atoms with Gasteiger partial charge in [0.1, 0.15) is 0 Å². The Morgan fingerprint density at radius 2 is 2.06 bits per heavy atom. The first-order chi connectivity index (χ1) is 8.48. The maximum Gasteiger partial charge on any atom is 0.488 e. The SMILES string of the molecule is CC1(C)CN(Cc2ccccc2B(O)O)CCO1. The van der Waals surface area contributed by atoms with E-state index in [-0.39, 0.29) is 5.60 Å². The number of benzene rings is 1. The van der Waals surface area contributed by atoms with Crippen molar-refractivity contribution < 1.29 is 14.8 Å². The van der Waals surface area contributed by atoms with Gasteiger partial charge in [-0.3, -0.25) is 4.90 Å². The molecule has 0 atom stereocenters. The van der Waals surface area contributed by atoms with Crippen LogP contribution in [0.15, 0.2) is 24.3 Å². The highest BCUT2D eigenvalue weighted by Gasteiger charge is 2.28. The first kappa shape index (κ1) is 13.6. The molecule has 0 amide bonds. The van der Waals surface area contributed by atoms with Crippen molar-refractivity contribution in [2.45, 2.75) is 26.0 Å². The Labute approximate surface area is 108 Å². The molecule has 0 spiro atoms. The Morgan fingerprint density at radius 3 is 2.72 bits per heavy atom. The van der Waals surface area contributed by atoms with Gasteiger partial charge in [0.05, 0.1) is 12.2 Å². The molecule has 1 fully saturated rings. The lowest BCUT2D eigenvalue weighted by Gasteiger charge is -2.38. The topological polar surface area (TPSA) is 52.9 Å². The predicted molar refractivity (Wildman–Crippen MR) is 71.6 cm³/mol. The van der Waals surface area contributed by atoms with Gasteiger partial charge in [-0.2, -0.15) is 0 Å². The van der Waals surface area contributed by atoms with Crippen LogP contribution in [-0.4, -0.2) is 47.4 Å². The van der Waals surface area contributed by atoms with E-state index in [0.29, 0.717) is 5.46 Å². The molecular weight excluding hydrogens is 229 g/mol. The van der Waals surface area contributed by atoms with Gasteiger partial charge in [-0.1, -0.05) is 24.3 Å². The maximum atomic E-state index is 9.35. The molecule has 5 heteroatoms. The van der Waals surface area contributed by atoms with Gasteiger partial charge >= 0.3 is 7.12 Å². The minimum absolute atomic E-state index is 0.134. The van der Waals surface area contributed by atoms with Crippen molar-refractivity contribution in [3.63, 3.8) is 0 Å². The van der Waals surface area contributed by atoms with E-state index in [2.05, 4.69) is 18.7 Å². The van der Waals surface area contributed by atoms with Gasteiger partial charge in [-0.05, 0) is 24.9 Å². The number of ether oxygens (including phenoxy) is 1. The van der Waals surface area contributed by atoms with E-state index in [4.69, 9.17) is 4.74 Å². The zero-order chi connectivity index (χ0) is 13.2. The van der Waals surface area contributed by atoms with Crippen molar-refractivity contribution in [1.82, 2.24) is 4.90 Å². The summed E-state index contributed by atoms with van der Waals surface area (Å²) >= 11 is 0. The van der Waals surface area contributed by atoms with Gasteiger partial charge in [-0.15, -0.1) is 0 Å². The van der Waals surface area contributed by atoms with Gasteiger partial charge in [-0.25, -0.2) is 0 Å². The summed E-state index contributed by atoms with van der Waals surface area (Å²) in [6.45, 7) is 7.32. The molecule has 0 saturated carbocycles. The molecule has 98 valence electrons. The van der Waals surface area contributed by atoms with Crippen LogP contribution in [0.4, 0.5) is 0 Å². The van der Waals surface area contributed by atoms with E-state index in [1.165, 1.54) is 0 Å². The fraction of sp³-hybridized carbons (Fsp3) is 0.538. The van der Waals surface area contributed by atoms with Crippen molar-refractivity contribution >= 4 is 12.6 Å². The van der Waals surface area contributed by atoms with Crippen LogP contribution in [0.25, 0.3) is 0 Å². The Balaban J connectivity index is 2.09. The Bertz CT molecular complexity index is 409. The lowest BCUT2D eigenvalue weighted by atomic mass is 9.77. The lowest BCUT2D eigenvalue weighted by molar-refractivity contribution is -0.0882. The minimum Gasteiger partial charge on any atom is -0.423 e. The molecule has 0 bridgehead atoms. The van der Waals surface area contributed by atoms with Crippen molar-refractivity contribution in [3.05, 3.63) is 29.8 Å². The van der Waals surface area contributed by atoms with E-state index in [0.717, 1.165) is 31.8 Å². The van der Waals surface area contributed by atoms with Crippen LogP contribution in [0.3, 0.4) is 0 Å². The molecule has 1 heterocycles. The summed E-state index contributed by atoms with van der Waals surface area (Å²) in [5.41, 5.74) is 1.41. The lowest BCUT2D eigenvalue weighted by Crippen LogP contribution is -2.48. The van der Waals surface area contributed by atoms with E-state index in [9.17, 15) is 10.0 Å². The molecule has 0 aliphatic carbocycles. The van der Waals surface area contributed by atoms with Crippen molar-refractivity contribution in [2.75, 3.05) is 19.7 Å². The number of rotatable bonds is 3. The van der Waals surface area contributed by atoms with Gasteiger partial charge in [0.15, 0.2) is 0 Å².